The van der Waals surface area contributed by atoms with Crippen LogP contribution < -0.4 is 0 Å². The Kier molecular flexibility index (Phi) is 3.74. The second kappa shape index (κ2) is 5.85. The highest BCUT2D eigenvalue weighted by Gasteiger charge is 2.20. The predicted octanol–water partition coefficient (Wildman–Crippen LogP) is 3.35. The van der Waals surface area contributed by atoms with Gasteiger partial charge in [-0.15, -0.1) is 0 Å². The smallest absolute Gasteiger partial charge is 0.355 e. The maximum absolute atomic E-state index is 12.7. The van der Waals surface area contributed by atoms with Crippen molar-refractivity contribution in [1.82, 2.24) is 4.40 Å². The normalized spacial score (nSPS) is 10.6. The molecular formula is C18H15NO3. The molecule has 0 fully saturated rings. The third-order valence-corrected chi connectivity index (χ3v) is 3.44. The predicted molar refractivity (Wildman–Crippen MR) is 83.2 cm³/mol. The van der Waals surface area contributed by atoms with Crippen LogP contribution in [0.3, 0.4) is 0 Å². The Labute approximate surface area is 128 Å². The fraction of sp³-hybridized carbons (Fsp3) is 0.111. The van der Waals surface area contributed by atoms with Crippen LogP contribution in [0, 0.1) is 0 Å². The zero-order valence-corrected chi connectivity index (χ0v) is 12.2. The van der Waals surface area contributed by atoms with Gasteiger partial charge in [-0.05, 0) is 25.1 Å². The summed E-state index contributed by atoms with van der Waals surface area (Å²) in [4.78, 5) is 24.8. The molecule has 2 aromatic heterocycles. The molecule has 0 N–H and O–H groups in total. The Morgan fingerprint density at radius 2 is 1.77 bits per heavy atom. The van der Waals surface area contributed by atoms with Gasteiger partial charge >= 0.3 is 5.97 Å². The molecule has 0 aliphatic heterocycles. The fourth-order valence-corrected chi connectivity index (χ4v) is 2.44. The number of ether oxygens (including phenoxy) is 1. The summed E-state index contributed by atoms with van der Waals surface area (Å²) in [6, 6.07) is 16.1. The molecule has 0 spiro atoms. The second-order valence-corrected chi connectivity index (χ2v) is 4.81. The van der Waals surface area contributed by atoms with E-state index in [4.69, 9.17) is 4.74 Å². The van der Waals surface area contributed by atoms with Crippen molar-refractivity contribution in [2.45, 2.75) is 6.92 Å². The average Bonchev–Trinajstić information content (AvgIpc) is 2.95. The molecule has 1 aromatic carbocycles. The molecule has 110 valence electrons. The number of aromatic nitrogens is 1. The van der Waals surface area contributed by atoms with Crippen molar-refractivity contribution in [3.05, 3.63) is 77.6 Å². The van der Waals surface area contributed by atoms with Crippen LogP contribution in [0.15, 0.2) is 60.8 Å². The molecule has 0 bridgehead atoms. The second-order valence-electron chi connectivity index (χ2n) is 4.81. The number of hydrogen-bond acceptors (Lipinski definition) is 3. The molecule has 0 atom stereocenters. The number of benzene rings is 1. The minimum atomic E-state index is -0.434. The van der Waals surface area contributed by atoms with Crippen LogP contribution in [-0.2, 0) is 4.74 Å². The highest BCUT2D eigenvalue weighted by atomic mass is 16.5. The van der Waals surface area contributed by atoms with E-state index in [2.05, 4.69) is 0 Å². The van der Waals surface area contributed by atoms with Crippen LogP contribution in [0.4, 0.5) is 0 Å². The van der Waals surface area contributed by atoms with Gasteiger partial charge in [0.2, 0.25) is 0 Å². The minimum absolute atomic E-state index is 0.111. The minimum Gasteiger partial charge on any atom is -0.461 e. The number of nitrogens with zero attached hydrogens (tertiary/aromatic N) is 1. The van der Waals surface area contributed by atoms with Gasteiger partial charge in [-0.1, -0.05) is 36.4 Å². The van der Waals surface area contributed by atoms with E-state index in [0.717, 1.165) is 0 Å². The van der Waals surface area contributed by atoms with E-state index in [9.17, 15) is 9.59 Å². The first-order valence-corrected chi connectivity index (χ1v) is 7.09. The molecule has 22 heavy (non-hydrogen) atoms. The van der Waals surface area contributed by atoms with Crippen LogP contribution in [0.25, 0.3) is 5.52 Å². The van der Waals surface area contributed by atoms with Crippen LogP contribution in [0.5, 0.6) is 0 Å². The average molecular weight is 293 g/mol. The number of carbonyl (C=O) groups is 2. The number of carbonyl (C=O) groups excluding carboxylic acids is 2. The lowest BCUT2D eigenvalue weighted by atomic mass is 10.0. The Morgan fingerprint density at radius 1 is 1.05 bits per heavy atom. The monoisotopic (exact) mass is 293 g/mol. The third kappa shape index (κ3) is 2.39. The molecule has 3 rings (SSSR count). The van der Waals surface area contributed by atoms with Crippen molar-refractivity contribution < 1.29 is 14.3 Å². The molecule has 0 aliphatic carbocycles. The first-order chi connectivity index (χ1) is 10.7. The summed E-state index contributed by atoms with van der Waals surface area (Å²) in [5, 5.41) is 0. The third-order valence-electron chi connectivity index (χ3n) is 3.44. The van der Waals surface area contributed by atoms with Crippen LogP contribution in [0.1, 0.15) is 33.3 Å². The molecule has 3 aromatic rings. The van der Waals surface area contributed by atoms with E-state index < -0.39 is 5.97 Å². The number of pyridine rings is 1. The first kappa shape index (κ1) is 14.1. The van der Waals surface area contributed by atoms with Crippen molar-refractivity contribution in [1.29, 1.82) is 0 Å². The van der Waals surface area contributed by atoms with E-state index in [1.807, 2.05) is 36.4 Å². The Morgan fingerprint density at radius 3 is 2.50 bits per heavy atom. The molecule has 4 heteroatoms. The van der Waals surface area contributed by atoms with E-state index >= 15 is 0 Å². The van der Waals surface area contributed by atoms with Crippen molar-refractivity contribution in [2.24, 2.45) is 0 Å². The van der Waals surface area contributed by atoms with E-state index in [-0.39, 0.29) is 5.78 Å². The van der Waals surface area contributed by atoms with Crippen molar-refractivity contribution in [3.63, 3.8) is 0 Å². The summed E-state index contributed by atoms with van der Waals surface area (Å²) in [6.45, 7) is 2.05. The number of hydrogen-bond donors (Lipinski definition) is 0. The zero-order valence-electron chi connectivity index (χ0n) is 12.2. The first-order valence-electron chi connectivity index (χ1n) is 7.09. The van der Waals surface area contributed by atoms with Crippen LogP contribution in [-0.4, -0.2) is 22.8 Å². The van der Waals surface area contributed by atoms with Gasteiger partial charge in [0.05, 0.1) is 12.1 Å². The van der Waals surface area contributed by atoms with Gasteiger partial charge in [0.25, 0.3) is 0 Å². The number of ketones is 1. The number of fused-ring (bicyclic) bond motifs is 1. The fourth-order valence-electron chi connectivity index (χ4n) is 2.44. The molecule has 0 saturated carbocycles. The summed E-state index contributed by atoms with van der Waals surface area (Å²) in [6.07, 6.45) is 1.75. The van der Waals surface area contributed by atoms with Crippen LogP contribution in [0.2, 0.25) is 0 Å². The van der Waals surface area contributed by atoms with Gasteiger partial charge < -0.3 is 9.14 Å². The Hall–Kier alpha value is -2.88. The lowest BCUT2D eigenvalue weighted by molar-refractivity contribution is 0.0518. The topological polar surface area (TPSA) is 47.8 Å². The molecule has 0 saturated heterocycles. The summed E-state index contributed by atoms with van der Waals surface area (Å²) in [5.74, 6) is -0.546. The van der Waals surface area contributed by atoms with Crippen LogP contribution >= 0.6 is 0 Å². The van der Waals surface area contributed by atoms with Gasteiger partial charge in [-0.25, -0.2) is 4.79 Å². The van der Waals surface area contributed by atoms with Gasteiger partial charge in [0.15, 0.2) is 5.78 Å². The number of esters is 1. The van der Waals surface area contributed by atoms with Gasteiger partial charge in [-0.2, -0.15) is 0 Å². The summed E-state index contributed by atoms with van der Waals surface area (Å²) < 4.78 is 6.75. The standard InChI is InChI=1S/C18H15NO3/c1-2-22-18(21)16-12-14(15-10-6-7-11-19(15)16)17(20)13-8-4-3-5-9-13/h3-12H,2H2,1H3. The lowest BCUT2D eigenvalue weighted by Gasteiger charge is -2.02. The van der Waals surface area contributed by atoms with Crippen molar-refractivity contribution in [3.8, 4) is 0 Å². The zero-order chi connectivity index (χ0) is 15.5. The van der Waals surface area contributed by atoms with Crippen molar-refractivity contribution >= 4 is 17.3 Å². The highest BCUT2D eigenvalue weighted by Crippen LogP contribution is 2.21. The number of rotatable bonds is 4. The van der Waals surface area contributed by atoms with E-state index in [0.29, 0.717) is 28.9 Å². The molecule has 0 unspecified atom stereocenters. The lowest BCUT2D eigenvalue weighted by Crippen LogP contribution is -2.07. The summed E-state index contributed by atoms with van der Waals surface area (Å²) in [5.41, 5.74) is 2.14. The molecule has 0 aliphatic rings. The van der Waals surface area contributed by atoms with Gasteiger partial charge in [-0.3, -0.25) is 4.79 Å². The van der Waals surface area contributed by atoms with Crippen molar-refractivity contribution in [2.75, 3.05) is 6.61 Å². The summed E-state index contributed by atoms with van der Waals surface area (Å²) >= 11 is 0. The van der Waals surface area contributed by atoms with E-state index in [1.165, 1.54) is 0 Å². The maximum atomic E-state index is 12.7. The van der Waals surface area contributed by atoms with Gasteiger partial charge in [0, 0.05) is 17.3 Å². The molecule has 4 nitrogen and oxygen atoms in total. The highest BCUT2D eigenvalue weighted by molar-refractivity contribution is 6.14. The molecule has 2 heterocycles. The Bertz CT molecular complexity index is 834. The van der Waals surface area contributed by atoms with E-state index in [1.54, 1.807) is 35.7 Å². The molecular weight excluding hydrogens is 278 g/mol. The van der Waals surface area contributed by atoms with Gasteiger partial charge in [0.1, 0.15) is 5.69 Å². The molecule has 0 amide bonds. The quantitative estimate of drug-likeness (QED) is 0.547. The summed E-state index contributed by atoms with van der Waals surface area (Å²) in [7, 11) is 0. The largest absolute Gasteiger partial charge is 0.461 e. The Balaban J connectivity index is 2.15. The molecule has 0 radical (unpaired) electrons. The SMILES string of the molecule is CCOC(=O)c1cc(C(=O)c2ccccc2)c2ccccn12. The maximum Gasteiger partial charge on any atom is 0.355 e.